The average Bonchev–Trinajstić information content (AvgIpc) is 3.42. The summed E-state index contributed by atoms with van der Waals surface area (Å²) in [5.74, 6) is 0.160. The third-order valence-electron chi connectivity index (χ3n) is 5.69. The minimum Gasteiger partial charge on any atom is -0.507 e. The van der Waals surface area contributed by atoms with Crippen LogP contribution in [0.5, 0.6) is 5.75 Å². The first kappa shape index (κ1) is 19.0. The van der Waals surface area contributed by atoms with Crippen LogP contribution in [0.4, 0.5) is 5.13 Å². The molecular weight excluding hydrogens is 398 g/mol. The summed E-state index contributed by atoms with van der Waals surface area (Å²) in [6.45, 7) is 3.25. The number of nitrogens with zero attached hydrogens (tertiary/aromatic N) is 5. The molecule has 0 bridgehead atoms. The predicted molar refractivity (Wildman–Crippen MR) is 119 cm³/mol. The average molecular weight is 422 g/mol. The van der Waals surface area contributed by atoms with Gasteiger partial charge in [-0.15, -0.1) is 10.2 Å². The Labute approximate surface area is 178 Å². The highest BCUT2D eigenvalue weighted by Crippen LogP contribution is 2.35. The number of nitrogens with one attached hydrogen (secondary N) is 2. The third kappa shape index (κ3) is 3.50. The van der Waals surface area contributed by atoms with E-state index in [9.17, 15) is 5.11 Å². The molecule has 9 heteroatoms. The van der Waals surface area contributed by atoms with Crippen molar-refractivity contribution in [2.75, 3.05) is 18.5 Å². The van der Waals surface area contributed by atoms with E-state index in [2.05, 4.69) is 44.6 Å². The molecule has 154 valence electrons. The molecule has 3 N–H and O–H groups in total. The zero-order valence-corrected chi connectivity index (χ0v) is 17.6. The minimum absolute atomic E-state index is 0.160. The molecular formula is C21H23N7OS. The van der Waals surface area contributed by atoms with Crippen LogP contribution in [0.25, 0.3) is 32.7 Å². The second-order valence-electron chi connectivity index (χ2n) is 7.78. The van der Waals surface area contributed by atoms with Crippen molar-refractivity contribution in [3.05, 3.63) is 36.7 Å². The molecule has 0 aliphatic carbocycles. The van der Waals surface area contributed by atoms with Gasteiger partial charge in [-0.25, -0.2) is 0 Å². The Bertz CT molecular complexity index is 1170. The number of fused-ring (bicyclic) bond motifs is 1. The number of anilines is 1. The van der Waals surface area contributed by atoms with Gasteiger partial charge in [-0.1, -0.05) is 17.4 Å². The first-order chi connectivity index (χ1) is 14.6. The van der Waals surface area contributed by atoms with Crippen molar-refractivity contribution in [1.82, 2.24) is 30.7 Å². The monoisotopic (exact) mass is 421 g/mol. The molecule has 4 heterocycles. The summed E-state index contributed by atoms with van der Waals surface area (Å²) in [5, 5.41) is 30.4. The number of aromatic hydroxyl groups is 1. The zero-order valence-electron chi connectivity index (χ0n) is 16.8. The van der Waals surface area contributed by atoms with E-state index in [1.54, 1.807) is 29.8 Å². The van der Waals surface area contributed by atoms with Crippen molar-refractivity contribution in [3.8, 4) is 28.1 Å². The Kier molecular flexibility index (Phi) is 4.84. The molecule has 1 aromatic carbocycles. The van der Waals surface area contributed by atoms with Crippen LogP contribution >= 0.6 is 11.3 Å². The Balaban J connectivity index is 1.44. The number of phenolic OH excluding ortho intramolecular Hbond substituents is 1. The van der Waals surface area contributed by atoms with Gasteiger partial charge in [0.15, 0.2) is 10.8 Å². The lowest BCUT2D eigenvalue weighted by Crippen LogP contribution is -2.45. The summed E-state index contributed by atoms with van der Waals surface area (Å²) in [5.41, 5.74) is 3.72. The number of thiazole rings is 1. The fourth-order valence-corrected chi connectivity index (χ4v) is 4.94. The predicted octanol–water partition coefficient (Wildman–Crippen LogP) is 3.43. The van der Waals surface area contributed by atoms with E-state index in [1.807, 2.05) is 18.2 Å². The molecule has 3 aromatic heterocycles. The Morgan fingerprint density at radius 2 is 2.10 bits per heavy atom. The topological polar surface area (TPSA) is 103 Å². The number of hydrogen-bond acceptors (Lipinski definition) is 8. The van der Waals surface area contributed by atoms with Crippen LogP contribution in [-0.4, -0.2) is 56.2 Å². The lowest BCUT2D eigenvalue weighted by atomic mass is 10.00. The lowest BCUT2D eigenvalue weighted by Gasteiger charge is -2.34. The second-order valence-corrected chi connectivity index (χ2v) is 8.79. The Morgan fingerprint density at radius 3 is 2.87 bits per heavy atom. The van der Waals surface area contributed by atoms with E-state index >= 15 is 0 Å². The molecule has 0 saturated carbocycles. The van der Waals surface area contributed by atoms with Gasteiger partial charge in [-0.3, -0.25) is 5.10 Å². The van der Waals surface area contributed by atoms with E-state index < -0.39 is 0 Å². The van der Waals surface area contributed by atoms with Crippen LogP contribution in [0.15, 0.2) is 36.7 Å². The van der Waals surface area contributed by atoms with Crippen molar-refractivity contribution in [1.29, 1.82) is 0 Å². The van der Waals surface area contributed by atoms with Crippen LogP contribution in [0.1, 0.15) is 19.8 Å². The number of benzene rings is 1. The quantitative estimate of drug-likeness (QED) is 0.464. The lowest BCUT2D eigenvalue weighted by molar-refractivity contribution is 0.371. The van der Waals surface area contributed by atoms with E-state index in [1.165, 1.54) is 0 Å². The van der Waals surface area contributed by atoms with E-state index in [0.717, 1.165) is 40.3 Å². The summed E-state index contributed by atoms with van der Waals surface area (Å²) < 4.78 is 0.960. The summed E-state index contributed by atoms with van der Waals surface area (Å²) in [7, 11) is 2.11. The van der Waals surface area contributed by atoms with Crippen LogP contribution in [0.3, 0.4) is 0 Å². The number of aromatic nitrogens is 5. The molecule has 0 radical (unpaired) electrons. The van der Waals surface area contributed by atoms with Gasteiger partial charge in [-0.2, -0.15) is 10.1 Å². The highest BCUT2D eigenvalue weighted by atomic mass is 32.1. The summed E-state index contributed by atoms with van der Waals surface area (Å²) in [6.07, 6.45) is 5.71. The molecule has 1 aliphatic rings. The van der Waals surface area contributed by atoms with Crippen molar-refractivity contribution < 1.29 is 5.11 Å². The largest absolute Gasteiger partial charge is 0.507 e. The van der Waals surface area contributed by atoms with Gasteiger partial charge in [0.05, 0.1) is 16.6 Å². The van der Waals surface area contributed by atoms with Crippen molar-refractivity contribution in [2.45, 2.75) is 31.8 Å². The maximum absolute atomic E-state index is 10.6. The van der Waals surface area contributed by atoms with Crippen molar-refractivity contribution in [3.63, 3.8) is 0 Å². The minimum atomic E-state index is 0.160. The zero-order chi connectivity index (χ0) is 20.7. The van der Waals surface area contributed by atoms with Gasteiger partial charge >= 0.3 is 0 Å². The summed E-state index contributed by atoms with van der Waals surface area (Å²) in [6, 6.07) is 8.45. The van der Waals surface area contributed by atoms with E-state index in [4.69, 9.17) is 4.98 Å². The molecule has 1 fully saturated rings. The SMILES string of the molecule is C[C@@H]1C[C@@H](N(C)c2nc3nnc(-c4ccc(-c5cn[nH]c5)cc4O)cc3s2)CCN1. The molecule has 0 amide bonds. The van der Waals surface area contributed by atoms with Gasteiger partial charge in [0.2, 0.25) is 0 Å². The molecule has 4 aromatic rings. The van der Waals surface area contributed by atoms with Gasteiger partial charge in [0, 0.05) is 36.5 Å². The summed E-state index contributed by atoms with van der Waals surface area (Å²) in [4.78, 5) is 6.96. The fourth-order valence-electron chi connectivity index (χ4n) is 3.97. The van der Waals surface area contributed by atoms with E-state index in [-0.39, 0.29) is 5.75 Å². The van der Waals surface area contributed by atoms with Gasteiger partial charge in [-0.05, 0) is 50.1 Å². The number of aromatic amines is 1. The molecule has 0 unspecified atom stereocenters. The molecule has 30 heavy (non-hydrogen) atoms. The maximum atomic E-state index is 10.6. The summed E-state index contributed by atoms with van der Waals surface area (Å²) >= 11 is 1.61. The van der Waals surface area contributed by atoms with Gasteiger partial charge < -0.3 is 15.3 Å². The standard InChI is InChI=1S/C21H23N7OS/c1-12-7-15(5-6-22-12)28(2)21-25-20-19(30-21)9-17(26-27-20)16-4-3-13(8-18(16)29)14-10-23-24-11-14/h3-4,8-12,15,22,29H,5-7H2,1-2H3,(H,23,24)/t12-,15+/m1/s1. The number of rotatable bonds is 4. The smallest absolute Gasteiger partial charge is 0.194 e. The number of H-pyrrole nitrogens is 1. The van der Waals surface area contributed by atoms with Crippen LogP contribution in [0.2, 0.25) is 0 Å². The van der Waals surface area contributed by atoms with Crippen LogP contribution in [-0.2, 0) is 0 Å². The van der Waals surface area contributed by atoms with Crippen molar-refractivity contribution in [2.24, 2.45) is 0 Å². The molecule has 5 rings (SSSR count). The van der Waals surface area contributed by atoms with Crippen LogP contribution < -0.4 is 10.2 Å². The number of phenols is 1. The molecule has 1 aliphatic heterocycles. The highest BCUT2D eigenvalue weighted by Gasteiger charge is 2.24. The number of piperidine rings is 1. The van der Waals surface area contributed by atoms with Gasteiger partial charge in [0.1, 0.15) is 5.75 Å². The third-order valence-corrected chi connectivity index (χ3v) is 6.78. The molecule has 8 nitrogen and oxygen atoms in total. The first-order valence-electron chi connectivity index (χ1n) is 10.0. The second kappa shape index (κ2) is 7.66. The number of hydrogen-bond donors (Lipinski definition) is 3. The maximum Gasteiger partial charge on any atom is 0.194 e. The first-order valence-corrected chi connectivity index (χ1v) is 10.8. The fraction of sp³-hybridized carbons (Fsp3) is 0.333. The normalized spacial score (nSPS) is 19.3. The van der Waals surface area contributed by atoms with E-state index in [0.29, 0.717) is 29.0 Å². The molecule has 0 spiro atoms. The molecule has 1 saturated heterocycles. The molecule has 2 atom stereocenters. The van der Waals surface area contributed by atoms with Crippen molar-refractivity contribution >= 4 is 26.8 Å². The van der Waals surface area contributed by atoms with Gasteiger partial charge in [0.25, 0.3) is 0 Å². The van der Waals surface area contributed by atoms with Crippen LogP contribution in [0, 0.1) is 0 Å². The Hall–Kier alpha value is -3.04. The highest BCUT2D eigenvalue weighted by molar-refractivity contribution is 7.22. The Morgan fingerprint density at radius 1 is 1.20 bits per heavy atom.